The highest BCUT2D eigenvalue weighted by atomic mass is 32.2. The molecule has 1 N–H and O–H groups in total. The number of hydrogen-bond acceptors (Lipinski definition) is 6. The number of nitrogens with zero attached hydrogens (tertiary/aromatic N) is 3. The van der Waals surface area contributed by atoms with E-state index in [0.717, 1.165) is 4.90 Å². The van der Waals surface area contributed by atoms with E-state index in [9.17, 15) is 24.5 Å². The number of nitrogens with one attached hydrogen (secondary N) is 1. The second kappa shape index (κ2) is 10.6. The van der Waals surface area contributed by atoms with E-state index in [2.05, 4.69) is 5.32 Å². The number of carbonyl (C=O) groups is 3. The third-order valence-electron chi connectivity index (χ3n) is 4.92. The van der Waals surface area contributed by atoms with Gasteiger partial charge in [0.05, 0.1) is 9.82 Å². The lowest BCUT2D eigenvalue weighted by Gasteiger charge is -2.33. The van der Waals surface area contributed by atoms with Crippen molar-refractivity contribution in [3.8, 4) is 0 Å². The first kappa shape index (κ1) is 23.0. The van der Waals surface area contributed by atoms with Gasteiger partial charge in [-0.1, -0.05) is 23.9 Å². The number of nitro groups is 1. The Balaban J connectivity index is 1.71. The van der Waals surface area contributed by atoms with Gasteiger partial charge >= 0.3 is 0 Å². The first-order chi connectivity index (χ1) is 15.4. The highest BCUT2D eigenvalue weighted by Crippen LogP contribution is 2.36. The second-order valence-electron chi connectivity index (χ2n) is 7.04. The number of amides is 3. The predicted octanol–water partition coefficient (Wildman–Crippen LogP) is 3.02. The molecule has 1 fully saturated rings. The average Bonchev–Trinajstić information content (AvgIpc) is 2.78. The van der Waals surface area contributed by atoms with E-state index >= 15 is 0 Å². The van der Waals surface area contributed by atoms with Crippen LogP contribution in [0.15, 0.2) is 58.3 Å². The topological polar surface area (TPSA) is 113 Å². The Morgan fingerprint density at radius 1 is 1.09 bits per heavy atom. The molecule has 3 rings (SSSR count). The number of piperazine rings is 1. The molecule has 2 aromatic rings. The highest BCUT2D eigenvalue weighted by molar-refractivity contribution is 7.99. The number of anilines is 1. The van der Waals surface area contributed by atoms with Gasteiger partial charge in [-0.05, 0) is 35.9 Å². The fraction of sp³-hybridized carbons (Fsp3) is 0.227. The van der Waals surface area contributed by atoms with Crippen LogP contribution in [0, 0.1) is 10.1 Å². The number of hydrogen-bond donors (Lipinski definition) is 1. The summed E-state index contributed by atoms with van der Waals surface area (Å²) in [5.41, 5.74) is 1.05. The van der Waals surface area contributed by atoms with Gasteiger partial charge in [-0.3, -0.25) is 24.5 Å². The molecule has 1 heterocycles. The minimum absolute atomic E-state index is 0.00959. The van der Waals surface area contributed by atoms with Gasteiger partial charge in [0.1, 0.15) is 0 Å². The summed E-state index contributed by atoms with van der Waals surface area (Å²) in [6, 6.07) is 11.8. The molecule has 1 saturated heterocycles. The van der Waals surface area contributed by atoms with Gasteiger partial charge in [-0.15, -0.1) is 0 Å². The van der Waals surface area contributed by atoms with E-state index < -0.39 is 4.92 Å². The van der Waals surface area contributed by atoms with Crippen LogP contribution >= 0.6 is 11.8 Å². The molecule has 3 amide bonds. The summed E-state index contributed by atoms with van der Waals surface area (Å²) < 4.78 is 0. The molecule has 0 spiro atoms. The van der Waals surface area contributed by atoms with Gasteiger partial charge in [0.15, 0.2) is 0 Å². The van der Waals surface area contributed by atoms with Crippen molar-refractivity contribution in [2.75, 3.05) is 31.5 Å². The Hall–Kier alpha value is -3.66. The standard InChI is InChI=1S/C22H22N4O5S/c1-16(28)24-9-11-25(12-10-24)22(29)8-6-17-5-7-21(20(13-17)26(30)31)32-19-4-2-3-18(14-19)23-15-27/h2-8,13-15H,9-12H2,1H3,(H,23,27). The van der Waals surface area contributed by atoms with E-state index in [-0.39, 0.29) is 17.5 Å². The van der Waals surface area contributed by atoms with Crippen molar-refractivity contribution in [3.05, 3.63) is 64.2 Å². The molecular weight excluding hydrogens is 432 g/mol. The summed E-state index contributed by atoms with van der Waals surface area (Å²) in [5.74, 6) is -0.210. The third kappa shape index (κ3) is 5.94. The Bertz CT molecular complexity index is 1060. The number of carbonyl (C=O) groups excluding carboxylic acids is 3. The average molecular weight is 455 g/mol. The zero-order valence-corrected chi connectivity index (χ0v) is 18.2. The third-order valence-corrected chi connectivity index (χ3v) is 5.98. The first-order valence-electron chi connectivity index (χ1n) is 9.86. The van der Waals surface area contributed by atoms with Crippen molar-refractivity contribution < 1.29 is 19.3 Å². The summed E-state index contributed by atoms with van der Waals surface area (Å²) in [7, 11) is 0. The lowest BCUT2D eigenvalue weighted by atomic mass is 10.2. The van der Waals surface area contributed by atoms with E-state index in [1.807, 2.05) is 0 Å². The van der Waals surface area contributed by atoms with Crippen LogP contribution in [-0.4, -0.2) is 59.1 Å². The normalized spacial score (nSPS) is 13.8. The maximum Gasteiger partial charge on any atom is 0.283 e. The van der Waals surface area contributed by atoms with E-state index in [0.29, 0.717) is 48.7 Å². The molecule has 0 bridgehead atoms. The number of nitro benzene ring substituents is 1. The SMILES string of the molecule is CC(=O)N1CCN(C(=O)C=Cc2ccc(Sc3cccc(NC=O)c3)c([N+](=O)[O-])c2)CC1. The van der Waals surface area contributed by atoms with Crippen molar-refractivity contribution in [2.24, 2.45) is 0 Å². The van der Waals surface area contributed by atoms with Crippen molar-refractivity contribution in [1.29, 1.82) is 0 Å². The van der Waals surface area contributed by atoms with Crippen molar-refractivity contribution >= 4 is 47.4 Å². The van der Waals surface area contributed by atoms with E-state index in [1.54, 1.807) is 52.3 Å². The monoisotopic (exact) mass is 454 g/mol. The molecule has 0 saturated carbocycles. The van der Waals surface area contributed by atoms with Gasteiger partial charge in [-0.25, -0.2) is 0 Å². The van der Waals surface area contributed by atoms with E-state index in [1.165, 1.54) is 30.8 Å². The van der Waals surface area contributed by atoms with Crippen molar-refractivity contribution in [2.45, 2.75) is 16.7 Å². The fourth-order valence-corrected chi connectivity index (χ4v) is 4.19. The maximum atomic E-state index is 12.4. The van der Waals surface area contributed by atoms with Gasteiger partial charge < -0.3 is 15.1 Å². The van der Waals surface area contributed by atoms with E-state index in [4.69, 9.17) is 0 Å². The Morgan fingerprint density at radius 3 is 2.47 bits per heavy atom. The number of rotatable bonds is 7. The van der Waals surface area contributed by atoms with Gasteiger partial charge in [0.25, 0.3) is 5.69 Å². The first-order valence-corrected chi connectivity index (χ1v) is 10.7. The van der Waals surface area contributed by atoms with Gasteiger partial charge in [0.2, 0.25) is 18.2 Å². The Morgan fingerprint density at radius 2 is 1.81 bits per heavy atom. The molecule has 10 heteroatoms. The summed E-state index contributed by atoms with van der Waals surface area (Å²) in [4.78, 5) is 50.1. The molecule has 0 unspecified atom stereocenters. The van der Waals surface area contributed by atoms with Crippen LogP contribution in [0.3, 0.4) is 0 Å². The van der Waals surface area contributed by atoms with Crippen LogP contribution in [0.2, 0.25) is 0 Å². The van der Waals surface area contributed by atoms with Crippen LogP contribution in [0.1, 0.15) is 12.5 Å². The Kier molecular flexibility index (Phi) is 7.61. The molecule has 9 nitrogen and oxygen atoms in total. The molecule has 1 aliphatic rings. The van der Waals surface area contributed by atoms with Crippen molar-refractivity contribution in [1.82, 2.24) is 9.80 Å². The molecule has 166 valence electrons. The molecule has 0 atom stereocenters. The largest absolute Gasteiger partial charge is 0.339 e. The van der Waals surface area contributed by atoms with Crippen LogP contribution < -0.4 is 5.32 Å². The van der Waals surface area contributed by atoms with Crippen LogP contribution in [0.5, 0.6) is 0 Å². The van der Waals surface area contributed by atoms with Crippen LogP contribution in [0.25, 0.3) is 6.08 Å². The predicted molar refractivity (Wildman–Crippen MR) is 121 cm³/mol. The highest BCUT2D eigenvalue weighted by Gasteiger charge is 2.21. The minimum Gasteiger partial charge on any atom is -0.339 e. The van der Waals surface area contributed by atoms with Crippen LogP contribution in [-0.2, 0) is 14.4 Å². The molecule has 1 aliphatic heterocycles. The van der Waals surface area contributed by atoms with Gasteiger partial charge in [-0.2, -0.15) is 0 Å². The van der Waals surface area contributed by atoms with Crippen molar-refractivity contribution in [3.63, 3.8) is 0 Å². The molecule has 0 aliphatic carbocycles. The maximum absolute atomic E-state index is 12.4. The quantitative estimate of drug-likeness (QED) is 0.298. The fourth-order valence-electron chi connectivity index (χ4n) is 3.23. The smallest absolute Gasteiger partial charge is 0.283 e. The molecule has 2 aromatic carbocycles. The summed E-state index contributed by atoms with van der Waals surface area (Å²) in [6.45, 7) is 3.41. The zero-order valence-electron chi connectivity index (χ0n) is 17.4. The summed E-state index contributed by atoms with van der Waals surface area (Å²) >= 11 is 1.21. The van der Waals surface area contributed by atoms with Crippen LogP contribution in [0.4, 0.5) is 11.4 Å². The lowest BCUT2D eigenvalue weighted by Crippen LogP contribution is -2.49. The summed E-state index contributed by atoms with van der Waals surface area (Å²) in [6.07, 6.45) is 3.51. The second-order valence-corrected chi connectivity index (χ2v) is 8.16. The van der Waals surface area contributed by atoms with Gasteiger partial charge in [0, 0.05) is 55.8 Å². The zero-order chi connectivity index (χ0) is 23.1. The molecule has 0 radical (unpaired) electrons. The molecular formula is C22H22N4O5S. The molecule has 0 aromatic heterocycles. The minimum atomic E-state index is -0.462. The molecule has 32 heavy (non-hydrogen) atoms. The summed E-state index contributed by atoms with van der Waals surface area (Å²) in [5, 5.41) is 14.2. The Labute approximate surface area is 189 Å². The number of benzene rings is 2. The lowest BCUT2D eigenvalue weighted by molar-refractivity contribution is -0.387.